The monoisotopic (exact) mass is 503 g/mol. The van der Waals surface area contributed by atoms with E-state index in [4.69, 9.17) is 9.47 Å². The largest absolute Gasteiger partial charge is 0.423 e. The minimum absolute atomic E-state index is 0.161. The van der Waals surface area contributed by atoms with Crippen LogP contribution in [0.1, 0.15) is 19.4 Å². The Morgan fingerprint density at radius 1 is 0.684 bits per heavy atom. The number of esters is 2. The van der Waals surface area contributed by atoms with Crippen molar-refractivity contribution < 1.29 is 19.1 Å². The van der Waals surface area contributed by atoms with Crippen LogP contribution in [0.5, 0.6) is 11.5 Å². The number of carbonyl (C=O) groups is 2. The Balaban J connectivity index is 1.70. The van der Waals surface area contributed by atoms with Crippen molar-refractivity contribution >= 4 is 11.9 Å². The van der Waals surface area contributed by atoms with E-state index in [1.54, 1.807) is 10.7 Å². The Labute approximate surface area is 220 Å². The molecule has 0 saturated carbocycles. The van der Waals surface area contributed by atoms with Gasteiger partial charge in [0.15, 0.2) is 11.5 Å². The number of carbonyl (C=O) groups excluding carboxylic acids is 2. The lowest BCUT2D eigenvalue weighted by atomic mass is 10.0. The van der Waals surface area contributed by atoms with Gasteiger partial charge in [0.25, 0.3) is 0 Å². The van der Waals surface area contributed by atoms with Gasteiger partial charge < -0.3 is 9.47 Å². The number of rotatable bonds is 7. The van der Waals surface area contributed by atoms with Crippen LogP contribution in [0.25, 0.3) is 33.6 Å². The molecule has 188 valence electrons. The summed E-state index contributed by atoms with van der Waals surface area (Å²) in [5.41, 5.74) is 5.73. The molecule has 5 rings (SSSR count). The number of ether oxygens (including phenoxy) is 2. The van der Waals surface area contributed by atoms with Crippen molar-refractivity contribution in [1.29, 1.82) is 0 Å². The summed E-state index contributed by atoms with van der Waals surface area (Å²) in [7, 11) is 0. The highest BCUT2D eigenvalue weighted by Crippen LogP contribution is 2.39. The second-order valence-electron chi connectivity index (χ2n) is 8.69. The van der Waals surface area contributed by atoms with Crippen LogP contribution < -0.4 is 9.47 Å². The number of nitrogens with zero attached hydrogens (tertiary/aromatic N) is 3. The van der Waals surface area contributed by atoms with Crippen LogP contribution in [0, 0.1) is 0 Å². The molecule has 4 aromatic carbocycles. The third-order valence-corrected chi connectivity index (χ3v) is 5.89. The molecule has 1 heterocycles. The lowest BCUT2D eigenvalue weighted by molar-refractivity contribution is -0.134. The van der Waals surface area contributed by atoms with Crippen molar-refractivity contribution in [2.45, 2.75) is 20.4 Å². The Morgan fingerprint density at radius 3 is 1.82 bits per heavy atom. The second-order valence-corrected chi connectivity index (χ2v) is 8.69. The Hall–Kier alpha value is -5.04. The third-order valence-electron chi connectivity index (χ3n) is 5.89. The van der Waals surface area contributed by atoms with Gasteiger partial charge in [-0.15, -0.1) is 5.10 Å². The first-order valence-electron chi connectivity index (χ1n) is 12.1. The fraction of sp³-hybridized carbons (Fsp3) is 0.0968. The predicted octanol–water partition coefficient (Wildman–Crippen LogP) is 6.18. The van der Waals surface area contributed by atoms with Gasteiger partial charge in [0.05, 0.1) is 12.2 Å². The molecule has 0 spiro atoms. The first-order chi connectivity index (χ1) is 18.5. The van der Waals surface area contributed by atoms with E-state index in [9.17, 15) is 9.59 Å². The van der Waals surface area contributed by atoms with Crippen LogP contribution in [-0.2, 0) is 16.1 Å². The molecule has 0 fully saturated rings. The molecule has 5 aromatic rings. The summed E-state index contributed by atoms with van der Waals surface area (Å²) in [5, 5.41) is 9.02. The molecule has 0 amide bonds. The first kappa shape index (κ1) is 24.6. The molecule has 0 radical (unpaired) electrons. The third kappa shape index (κ3) is 5.37. The second kappa shape index (κ2) is 10.9. The van der Waals surface area contributed by atoms with E-state index in [0.717, 1.165) is 33.6 Å². The molecule has 1 aromatic heterocycles. The Kier molecular flexibility index (Phi) is 7.08. The number of benzene rings is 4. The Morgan fingerprint density at radius 2 is 1.24 bits per heavy atom. The summed E-state index contributed by atoms with van der Waals surface area (Å²) in [6.45, 7) is 2.83. The van der Waals surface area contributed by atoms with Gasteiger partial charge >= 0.3 is 11.9 Å². The molecule has 0 unspecified atom stereocenters. The van der Waals surface area contributed by atoms with Crippen molar-refractivity contribution in [2.75, 3.05) is 0 Å². The highest BCUT2D eigenvalue weighted by molar-refractivity contribution is 5.79. The topological polar surface area (TPSA) is 83.3 Å². The molecule has 7 nitrogen and oxygen atoms in total. The van der Waals surface area contributed by atoms with Crippen molar-refractivity contribution in [3.05, 3.63) is 109 Å². The normalized spacial score (nSPS) is 10.7. The SMILES string of the molecule is CC(=O)Oc1cc(-c2ccccc2)cc(Cn2nnc(-c3ccccc3)c2-c2ccccc2)c1OC(C)=O. The highest BCUT2D eigenvalue weighted by atomic mass is 16.6. The zero-order valence-corrected chi connectivity index (χ0v) is 21.0. The molecular weight excluding hydrogens is 478 g/mol. The maximum Gasteiger partial charge on any atom is 0.308 e. The summed E-state index contributed by atoms with van der Waals surface area (Å²) < 4.78 is 12.9. The predicted molar refractivity (Wildman–Crippen MR) is 144 cm³/mol. The van der Waals surface area contributed by atoms with Crippen LogP contribution in [0.2, 0.25) is 0 Å². The van der Waals surface area contributed by atoms with Gasteiger partial charge in [0, 0.05) is 30.5 Å². The number of hydrogen-bond donors (Lipinski definition) is 0. The smallest absolute Gasteiger partial charge is 0.308 e. The van der Waals surface area contributed by atoms with E-state index in [2.05, 4.69) is 10.3 Å². The fourth-order valence-electron chi connectivity index (χ4n) is 4.32. The maximum absolute atomic E-state index is 12.1. The fourth-order valence-corrected chi connectivity index (χ4v) is 4.32. The van der Waals surface area contributed by atoms with Crippen LogP contribution in [0.15, 0.2) is 103 Å². The minimum Gasteiger partial charge on any atom is -0.423 e. The van der Waals surface area contributed by atoms with Crippen LogP contribution in [0.3, 0.4) is 0 Å². The lowest BCUT2D eigenvalue weighted by Gasteiger charge is -2.17. The van der Waals surface area contributed by atoms with Gasteiger partial charge in [-0.1, -0.05) is 96.2 Å². The molecule has 0 atom stereocenters. The summed E-state index contributed by atoms with van der Waals surface area (Å²) in [4.78, 5) is 24.1. The number of aromatic nitrogens is 3. The molecule has 0 N–H and O–H groups in total. The molecular formula is C31H25N3O4. The van der Waals surface area contributed by atoms with E-state index in [0.29, 0.717) is 5.56 Å². The first-order valence-corrected chi connectivity index (χ1v) is 12.1. The van der Waals surface area contributed by atoms with E-state index >= 15 is 0 Å². The quantitative estimate of drug-likeness (QED) is 0.195. The molecule has 38 heavy (non-hydrogen) atoms. The summed E-state index contributed by atoms with van der Waals surface area (Å²) in [6, 6.07) is 33.0. The van der Waals surface area contributed by atoms with Gasteiger partial charge in [0.2, 0.25) is 0 Å². The Bertz CT molecular complexity index is 1580. The van der Waals surface area contributed by atoms with Gasteiger partial charge in [-0.25, -0.2) is 4.68 Å². The van der Waals surface area contributed by atoms with Crippen LogP contribution >= 0.6 is 0 Å². The van der Waals surface area contributed by atoms with Crippen molar-refractivity contribution in [3.63, 3.8) is 0 Å². The van der Waals surface area contributed by atoms with E-state index in [1.165, 1.54) is 13.8 Å². The van der Waals surface area contributed by atoms with Gasteiger partial charge in [-0.3, -0.25) is 9.59 Å². The zero-order valence-electron chi connectivity index (χ0n) is 21.0. The minimum atomic E-state index is -0.529. The average molecular weight is 504 g/mol. The molecule has 7 heteroatoms. The maximum atomic E-state index is 12.1. The molecule has 0 aliphatic carbocycles. The van der Waals surface area contributed by atoms with Crippen LogP contribution in [-0.4, -0.2) is 26.9 Å². The average Bonchev–Trinajstić information content (AvgIpc) is 3.35. The molecule has 0 saturated heterocycles. The number of hydrogen-bond acceptors (Lipinski definition) is 6. The summed E-state index contributed by atoms with van der Waals surface area (Å²) in [5.74, 6) is -0.720. The standard InChI is InChI=1S/C31H25N3O4/c1-21(35)37-28-19-26(23-12-6-3-7-13-23)18-27(31(28)38-22(2)36)20-34-30(25-16-10-5-11-17-25)29(32-33-34)24-14-8-4-9-15-24/h3-19H,20H2,1-2H3. The molecule has 0 bridgehead atoms. The lowest BCUT2D eigenvalue weighted by Crippen LogP contribution is -2.12. The van der Waals surface area contributed by atoms with Gasteiger partial charge in [0.1, 0.15) is 5.69 Å². The van der Waals surface area contributed by atoms with Crippen molar-refractivity contribution in [1.82, 2.24) is 15.0 Å². The summed E-state index contributed by atoms with van der Waals surface area (Å²) in [6.07, 6.45) is 0. The summed E-state index contributed by atoms with van der Waals surface area (Å²) >= 11 is 0. The van der Waals surface area contributed by atoms with Crippen LogP contribution in [0.4, 0.5) is 0 Å². The van der Waals surface area contributed by atoms with E-state index in [1.807, 2.05) is 97.1 Å². The molecule has 0 aliphatic rings. The van der Waals surface area contributed by atoms with Gasteiger partial charge in [-0.05, 0) is 23.3 Å². The molecule has 0 aliphatic heterocycles. The zero-order chi connectivity index (χ0) is 26.5. The highest BCUT2D eigenvalue weighted by Gasteiger charge is 2.22. The van der Waals surface area contributed by atoms with E-state index in [-0.39, 0.29) is 18.0 Å². The van der Waals surface area contributed by atoms with Gasteiger partial charge in [-0.2, -0.15) is 0 Å². The van der Waals surface area contributed by atoms with E-state index < -0.39 is 11.9 Å². The van der Waals surface area contributed by atoms with Crippen molar-refractivity contribution in [2.24, 2.45) is 0 Å². The van der Waals surface area contributed by atoms with Crippen molar-refractivity contribution in [3.8, 4) is 45.1 Å².